The van der Waals surface area contributed by atoms with E-state index in [1.54, 1.807) is 13.8 Å². The van der Waals surface area contributed by atoms with Crippen LogP contribution in [0, 0.1) is 0 Å². The van der Waals surface area contributed by atoms with Gasteiger partial charge in [-0.2, -0.15) is 0 Å². The molecule has 0 aromatic heterocycles. The van der Waals surface area contributed by atoms with Crippen LogP contribution in [0.15, 0.2) is 52.3 Å². The van der Waals surface area contributed by atoms with Crippen molar-refractivity contribution < 1.29 is 13.2 Å². The molecule has 0 atom stereocenters. The Labute approximate surface area is 181 Å². The zero-order chi connectivity index (χ0) is 21.0. The van der Waals surface area contributed by atoms with Gasteiger partial charge in [0.15, 0.2) is 0 Å². The number of hydrogen-bond acceptors (Lipinski definition) is 4. The maximum Gasteiger partial charge on any atom is 0.257 e. The van der Waals surface area contributed by atoms with E-state index in [9.17, 15) is 13.2 Å². The lowest BCUT2D eigenvalue weighted by atomic mass is 10.2. The molecule has 5 nitrogen and oxygen atoms in total. The first-order valence-corrected chi connectivity index (χ1v) is 12.4. The minimum absolute atomic E-state index is 0.00376. The van der Waals surface area contributed by atoms with Gasteiger partial charge in [0.25, 0.3) is 5.91 Å². The second kappa shape index (κ2) is 9.51. The number of halogens is 1. The summed E-state index contributed by atoms with van der Waals surface area (Å²) < 4.78 is 27.3. The summed E-state index contributed by atoms with van der Waals surface area (Å²) in [4.78, 5) is 13.9. The molecule has 0 heterocycles. The first-order valence-electron chi connectivity index (χ1n) is 9.64. The van der Waals surface area contributed by atoms with Crippen LogP contribution in [0.1, 0.15) is 49.9 Å². The van der Waals surface area contributed by atoms with Crippen LogP contribution in [-0.2, 0) is 10.0 Å². The van der Waals surface area contributed by atoms with E-state index in [1.165, 1.54) is 48.8 Å². The summed E-state index contributed by atoms with van der Waals surface area (Å²) in [6.07, 6.45) is 5.11. The molecule has 0 spiro atoms. The molecule has 2 N–H and O–H groups in total. The minimum Gasteiger partial charge on any atom is -0.322 e. The minimum atomic E-state index is -3.71. The zero-order valence-corrected chi connectivity index (χ0v) is 18.8. The van der Waals surface area contributed by atoms with Crippen molar-refractivity contribution in [1.29, 1.82) is 0 Å². The highest BCUT2D eigenvalue weighted by molar-refractivity contribution is 8.00. The van der Waals surface area contributed by atoms with E-state index in [4.69, 9.17) is 11.6 Å². The molecule has 2 aromatic carbocycles. The van der Waals surface area contributed by atoms with Gasteiger partial charge >= 0.3 is 0 Å². The SMILES string of the molecule is CC(C)NS(=O)(=O)c1ccc(Cl)c(C(=O)Nc2ccc(SC3CCCC3)cc2)c1. The van der Waals surface area contributed by atoms with Gasteiger partial charge in [-0.05, 0) is 69.2 Å². The van der Waals surface area contributed by atoms with Crippen LogP contribution in [0.4, 0.5) is 5.69 Å². The molecule has 1 aliphatic carbocycles. The molecule has 156 valence electrons. The van der Waals surface area contributed by atoms with Gasteiger partial charge in [-0.3, -0.25) is 4.79 Å². The van der Waals surface area contributed by atoms with E-state index in [0.29, 0.717) is 10.9 Å². The van der Waals surface area contributed by atoms with Crippen molar-refractivity contribution in [2.75, 3.05) is 5.32 Å². The molecule has 29 heavy (non-hydrogen) atoms. The van der Waals surface area contributed by atoms with Gasteiger partial charge in [0.1, 0.15) is 0 Å². The third kappa shape index (κ3) is 5.98. The van der Waals surface area contributed by atoms with Crippen LogP contribution in [0.2, 0.25) is 5.02 Å². The zero-order valence-electron chi connectivity index (χ0n) is 16.4. The quantitative estimate of drug-likeness (QED) is 0.596. The molecule has 0 unspecified atom stereocenters. The van der Waals surface area contributed by atoms with Crippen molar-refractivity contribution >= 4 is 45.0 Å². The Morgan fingerprint density at radius 3 is 2.38 bits per heavy atom. The Morgan fingerprint density at radius 2 is 1.76 bits per heavy atom. The highest BCUT2D eigenvalue weighted by Gasteiger charge is 2.20. The monoisotopic (exact) mass is 452 g/mol. The first-order chi connectivity index (χ1) is 13.7. The molecule has 0 bridgehead atoms. The molecule has 2 aromatic rings. The van der Waals surface area contributed by atoms with E-state index in [0.717, 1.165) is 0 Å². The topological polar surface area (TPSA) is 75.3 Å². The molecule has 1 saturated carbocycles. The predicted octanol–water partition coefficient (Wildman–Crippen LogP) is 5.31. The largest absolute Gasteiger partial charge is 0.322 e. The Bertz CT molecular complexity index is 970. The molecular formula is C21H25ClN2O3S2. The average Bonchev–Trinajstić information content (AvgIpc) is 3.15. The fourth-order valence-corrected chi connectivity index (χ4v) is 5.97. The lowest BCUT2D eigenvalue weighted by molar-refractivity contribution is 0.102. The number of carbonyl (C=O) groups is 1. The van der Waals surface area contributed by atoms with Crippen LogP contribution in [0.5, 0.6) is 0 Å². The number of thioether (sulfide) groups is 1. The van der Waals surface area contributed by atoms with Crippen molar-refractivity contribution in [3.8, 4) is 0 Å². The number of benzene rings is 2. The molecule has 3 rings (SSSR count). The van der Waals surface area contributed by atoms with Crippen LogP contribution in [-0.4, -0.2) is 25.6 Å². The summed E-state index contributed by atoms with van der Waals surface area (Å²) >= 11 is 8.03. The number of anilines is 1. The fourth-order valence-electron chi connectivity index (χ4n) is 3.24. The summed E-state index contributed by atoms with van der Waals surface area (Å²) in [6, 6.07) is 11.5. The van der Waals surface area contributed by atoms with Crippen molar-refractivity contribution in [2.45, 2.75) is 60.6 Å². The normalized spacial score (nSPS) is 15.0. The molecule has 1 amide bonds. The van der Waals surface area contributed by atoms with E-state index in [1.807, 2.05) is 36.0 Å². The highest BCUT2D eigenvalue weighted by atomic mass is 35.5. The molecule has 8 heteroatoms. The third-order valence-corrected chi connectivity index (χ3v) is 7.94. The second-order valence-corrected chi connectivity index (χ2v) is 10.9. The Hall–Kier alpha value is -1.54. The third-order valence-electron chi connectivity index (χ3n) is 4.60. The van der Waals surface area contributed by atoms with Crippen LogP contribution >= 0.6 is 23.4 Å². The predicted molar refractivity (Wildman–Crippen MR) is 119 cm³/mol. The Balaban J connectivity index is 1.72. The number of nitrogens with one attached hydrogen (secondary N) is 2. The number of amides is 1. The molecule has 0 aliphatic heterocycles. The molecule has 0 saturated heterocycles. The fraction of sp³-hybridized carbons (Fsp3) is 0.381. The van der Waals surface area contributed by atoms with Gasteiger partial charge in [-0.25, -0.2) is 13.1 Å². The lowest BCUT2D eigenvalue weighted by Gasteiger charge is -2.12. The number of rotatable bonds is 7. The molecule has 1 aliphatic rings. The van der Waals surface area contributed by atoms with E-state index in [2.05, 4.69) is 10.0 Å². The summed E-state index contributed by atoms with van der Waals surface area (Å²) in [6.45, 7) is 3.46. The van der Waals surface area contributed by atoms with Gasteiger partial charge in [-0.15, -0.1) is 11.8 Å². The first kappa shape index (κ1) is 22.2. The molecular weight excluding hydrogens is 428 g/mol. The summed E-state index contributed by atoms with van der Waals surface area (Å²) in [5.41, 5.74) is 0.748. The van der Waals surface area contributed by atoms with Gasteiger partial charge < -0.3 is 5.32 Å². The maximum absolute atomic E-state index is 12.7. The van der Waals surface area contributed by atoms with Crippen molar-refractivity contribution in [2.24, 2.45) is 0 Å². The van der Waals surface area contributed by atoms with Crippen molar-refractivity contribution in [3.05, 3.63) is 53.1 Å². The average molecular weight is 453 g/mol. The Kier molecular flexibility index (Phi) is 7.27. The molecule has 0 radical (unpaired) electrons. The standard InChI is InChI=1S/C21H25ClN2O3S2/c1-14(2)24-29(26,27)18-11-12-20(22)19(13-18)21(25)23-15-7-9-17(10-8-15)28-16-5-3-4-6-16/h7-14,16,24H,3-6H2,1-2H3,(H,23,25). The lowest BCUT2D eigenvalue weighted by Crippen LogP contribution is -2.30. The van der Waals surface area contributed by atoms with Crippen molar-refractivity contribution in [1.82, 2.24) is 4.72 Å². The number of carbonyl (C=O) groups excluding carboxylic acids is 1. The maximum atomic E-state index is 12.7. The van der Waals surface area contributed by atoms with Gasteiger partial charge in [0, 0.05) is 21.9 Å². The van der Waals surface area contributed by atoms with Crippen LogP contribution in [0.3, 0.4) is 0 Å². The smallest absolute Gasteiger partial charge is 0.257 e. The molecule has 1 fully saturated rings. The van der Waals surface area contributed by atoms with Gasteiger partial charge in [0.2, 0.25) is 10.0 Å². The van der Waals surface area contributed by atoms with Crippen LogP contribution < -0.4 is 10.0 Å². The second-order valence-electron chi connectivity index (χ2n) is 7.42. The van der Waals surface area contributed by atoms with E-state index >= 15 is 0 Å². The summed E-state index contributed by atoms with van der Waals surface area (Å²) in [5, 5.41) is 3.66. The highest BCUT2D eigenvalue weighted by Crippen LogP contribution is 2.35. The van der Waals surface area contributed by atoms with E-state index < -0.39 is 15.9 Å². The number of hydrogen-bond donors (Lipinski definition) is 2. The summed E-state index contributed by atoms with van der Waals surface area (Å²) in [5.74, 6) is -0.451. The Morgan fingerprint density at radius 1 is 1.10 bits per heavy atom. The van der Waals surface area contributed by atoms with Gasteiger partial charge in [-0.1, -0.05) is 24.4 Å². The van der Waals surface area contributed by atoms with Crippen LogP contribution in [0.25, 0.3) is 0 Å². The van der Waals surface area contributed by atoms with Gasteiger partial charge in [0.05, 0.1) is 15.5 Å². The van der Waals surface area contributed by atoms with Crippen molar-refractivity contribution in [3.63, 3.8) is 0 Å². The van der Waals surface area contributed by atoms with E-state index in [-0.39, 0.29) is 21.5 Å². The number of sulfonamides is 1. The summed E-state index contributed by atoms with van der Waals surface area (Å²) in [7, 11) is -3.71.